The second-order valence-corrected chi connectivity index (χ2v) is 7.35. The number of nitrogens with zero attached hydrogens (tertiary/aromatic N) is 1. The number of anilines is 1. The van der Waals surface area contributed by atoms with Crippen molar-refractivity contribution < 1.29 is 4.79 Å². The average Bonchev–Trinajstić information content (AvgIpc) is 3.10. The molecule has 0 bridgehead atoms. The van der Waals surface area contributed by atoms with Gasteiger partial charge in [-0.05, 0) is 38.3 Å². The highest BCUT2D eigenvalue weighted by atomic mass is 35.5. The van der Waals surface area contributed by atoms with Crippen LogP contribution in [-0.4, -0.2) is 16.9 Å². The van der Waals surface area contributed by atoms with Gasteiger partial charge in [0.1, 0.15) is 0 Å². The Morgan fingerprint density at radius 2 is 2.24 bits per heavy atom. The maximum atomic E-state index is 12.1. The van der Waals surface area contributed by atoms with Gasteiger partial charge in [0, 0.05) is 22.2 Å². The molecule has 0 aliphatic heterocycles. The van der Waals surface area contributed by atoms with E-state index in [0.29, 0.717) is 5.13 Å². The van der Waals surface area contributed by atoms with Crippen LogP contribution in [0.3, 0.4) is 0 Å². The highest BCUT2D eigenvalue weighted by molar-refractivity contribution is 7.17. The Morgan fingerprint density at radius 3 is 2.86 bits per heavy atom. The lowest BCUT2D eigenvalue weighted by atomic mass is 10.1. The SMILES string of the molecule is Cc1ccc(-c2csc(NC(=O)C3CCC(N)C3)n2)s1.Cl. The lowest BCUT2D eigenvalue weighted by Gasteiger charge is -2.08. The van der Waals surface area contributed by atoms with Gasteiger partial charge in [0.2, 0.25) is 5.91 Å². The number of carbonyl (C=O) groups excluding carboxylic acids is 1. The molecule has 1 fully saturated rings. The first-order valence-electron chi connectivity index (χ1n) is 6.70. The first-order valence-corrected chi connectivity index (χ1v) is 8.40. The molecule has 1 aliphatic carbocycles. The fourth-order valence-corrected chi connectivity index (χ4v) is 4.09. The monoisotopic (exact) mass is 343 g/mol. The normalized spacial score (nSPS) is 21.0. The number of halogens is 1. The first-order chi connectivity index (χ1) is 9.61. The number of nitrogens with two attached hydrogens (primary N) is 1. The third-order valence-corrected chi connectivity index (χ3v) is 5.35. The van der Waals surface area contributed by atoms with Crippen LogP contribution in [0, 0.1) is 12.8 Å². The number of rotatable bonds is 3. The summed E-state index contributed by atoms with van der Waals surface area (Å²) < 4.78 is 0. The average molecular weight is 344 g/mol. The molecule has 2 aromatic rings. The molecular formula is C14H18ClN3OS2. The smallest absolute Gasteiger partial charge is 0.229 e. The summed E-state index contributed by atoms with van der Waals surface area (Å²) in [6, 6.07) is 4.32. The topological polar surface area (TPSA) is 68.0 Å². The van der Waals surface area contributed by atoms with Crippen molar-refractivity contribution >= 4 is 46.1 Å². The van der Waals surface area contributed by atoms with E-state index in [-0.39, 0.29) is 30.3 Å². The quantitative estimate of drug-likeness (QED) is 0.893. The molecule has 2 atom stereocenters. The van der Waals surface area contributed by atoms with Crippen LogP contribution in [-0.2, 0) is 4.79 Å². The van der Waals surface area contributed by atoms with Crippen LogP contribution < -0.4 is 11.1 Å². The summed E-state index contributed by atoms with van der Waals surface area (Å²) >= 11 is 3.19. The van der Waals surface area contributed by atoms with Gasteiger partial charge >= 0.3 is 0 Å². The van der Waals surface area contributed by atoms with Gasteiger partial charge in [0.05, 0.1) is 10.6 Å². The third-order valence-electron chi connectivity index (χ3n) is 3.57. The van der Waals surface area contributed by atoms with Gasteiger partial charge in [0.25, 0.3) is 0 Å². The van der Waals surface area contributed by atoms with Gasteiger partial charge < -0.3 is 11.1 Å². The highest BCUT2D eigenvalue weighted by Crippen LogP contribution is 2.31. The van der Waals surface area contributed by atoms with Crippen molar-refractivity contribution in [1.82, 2.24) is 4.98 Å². The molecule has 0 spiro atoms. The number of amides is 1. The van der Waals surface area contributed by atoms with Crippen LogP contribution in [0.5, 0.6) is 0 Å². The van der Waals surface area contributed by atoms with Crippen LogP contribution >= 0.6 is 35.1 Å². The van der Waals surface area contributed by atoms with Crippen molar-refractivity contribution in [3.63, 3.8) is 0 Å². The summed E-state index contributed by atoms with van der Waals surface area (Å²) in [4.78, 5) is 19.0. The van der Waals surface area contributed by atoms with E-state index in [1.807, 2.05) is 5.38 Å². The fourth-order valence-electron chi connectivity index (χ4n) is 2.48. The molecule has 3 rings (SSSR count). The molecule has 3 N–H and O–H groups in total. The molecule has 21 heavy (non-hydrogen) atoms. The van der Waals surface area contributed by atoms with Crippen molar-refractivity contribution in [2.24, 2.45) is 11.7 Å². The van der Waals surface area contributed by atoms with E-state index in [2.05, 4.69) is 29.4 Å². The van der Waals surface area contributed by atoms with Gasteiger partial charge in [0.15, 0.2) is 5.13 Å². The van der Waals surface area contributed by atoms with Gasteiger partial charge in [-0.15, -0.1) is 35.1 Å². The largest absolute Gasteiger partial charge is 0.328 e. The summed E-state index contributed by atoms with van der Waals surface area (Å²) in [6.07, 6.45) is 2.61. The third kappa shape index (κ3) is 3.83. The number of carbonyl (C=O) groups is 1. The second-order valence-electron chi connectivity index (χ2n) is 5.21. The van der Waals surface area contributed by atoms with E-state index in [9.17, 15) is 4.79 Å². The molecule has 114 valence electrons. The molecule has 4 nitrogen and oxygen atoms in total. The van der Waals surface area contributed by atoms with E-state index in [1.165, 1.54) is 16.2 Å². The van der Waals surface area contributed by atoms with E-state index < -0.39 is 0 Å². The molecule has 1 amide bonds. The van der Waals surface area contributed by atoms with E-state index in [4.69, 9.17) is 5.73 Å². The molecule has 1 aliphatic rings. The number of nitrogens with one attached hydrogen (secondary N) is 1. The van der Waals surface area contributed by atoms with E-state index >= 15 is 0 Å². The fraction of sp³-hybridized carbons (Fsp3) is 0.429. The zero-order valence-corrected chi connectivity index (χ0v) is 14.1. The van der Waals surface area contributed by atoms with Crippen molar-refractivity contribution in [1.29, 1.82) is 0 Å². The molecule has 0 aromatic carbocycles. The summed E-state index contributed by atoms with van der Waals surface area (Å²) in [5.74, 6) is 0.0996. The maximum Gasteiger partial charge on any atom is 0.229 e. The van der Waals surface area contributed by atoms with Crippen molar-refractivity contribution in [2.45, 2.75) is 32.2 Å². The lowest BCUT2D eigenvalue weighted by Crippen LogP contribution is -2.23. The number of hydrogen-bond donors (Lipinski definition) is 2. The zero-order chi connectivity index (χ0) is 14.1. The van der Waals surface area contributed by atoms with Gasteiger partial charge in [-0.3, -0.25) is 4.79 Å². The Balaban J connectivity index is 0.00000161. The summed E-state index contributed by atoms with van der Waals surface area (Å²) in [7, 11) is 0. The Bertz CT molecular complexity index is 625. The van der Waals surface area contributed by atoms with Crippen molar-refractivity contribution in [3.8, 4) is 10.6 Å². The molecule has 2 heterocycles. The predicted octanol–water partition coefficient (Wildman–Crippen LogP) is 3.67. The number of thiazole rings is 1. The van der Waals surface area contributed by atoms with E-state index in [1.54, 1.807) is 11.3 Å². The van der Waals surface area contributed by atoms with Crippen molar-refractivity contribution in [2.75, 3.05) is 5.32 Å². The summed E-state index contributed by atoms with van der Waals surface area (Å²) in [5, 5.41) is 5.58. The molecule has 1 saturated carbocycles. The van der Waals surface area contributed by atoms with Crippen LogP contribution in [0.1, 0.15) is 24.1 Å². The molecule has 2 unspecified atom stereocenters. The molecular weight excluding hydrogens is 326 g/mol. The minimum atomic E-state index is 0. The lowest BCUT2D eigenvalue weighted by molar-refractivity contribution is -0.119. The number of aromatic nitrogens is 1. The summed E-state index contributed by atoms with van der Waals surface area (Å²) in [5.41, 5.74) is 6.78. The van der Waals surface area contributed by atoms with Gasteiger partial charge in [-0.1, -0.05) is 0 Å². The maximum absolute atomic E-state index is 12.1. The molecule has 2 aromatic heterocycles. The van der Waals surface area contributed by atoms with Crippen LogP contribution in [0.2, 0.25) is 0 Å². The first kappa shape index (κ1) is 16.4. The molecule has 7 heteroatoms. The van der Waals surface area contributed by atoms with Crippen LogP contribution in [0.25, 0.3) is 10.6 Å². The van der Waals surface area contributed by atoms with Crippen molar-refractivity contribution in [3.05, 3.63) is 22.4 Å². The second kappa shape index (κ2) is 6.87. The van der Waals surface area contributed by atoms with Crippen LogP contribution in [0.4, 0.5) is 5.13 Å². The molecule has 0 saturated heterocycles. The Morgan fingerprint density at radius 1 is 1.43 bits per heavy atom. The minimum absolute atomic E-state index is 0. The standard InChI is InChI=1S/C14H17N3OS2.ClH/c1-8-2-5-12(20-8)11-7-19-14(16-11)17-13(18)9-3-4-10(15)6-9;/h2,5,7,9-10H,3-4,6,15H2,1H3,(H,16,17,18);1H. The predicted molar refractivity (Wildman–Crippen MR) is 91.4 cm³/mol. The van der Waals surface area contributed by atoms with E-state index in [0.717, 1.165) is 29.8 Å². The molecule has 0 radical (unpaired) electrons. The number of aryl methyl sites for hydroxylation is 1. The Kier molecular flexibility index (Phi) is 5.37. The Labute approximate surface area is 138 Å². The Hall–Kier alpha value is -0.950. The highest BCUT2D eigenvalue weighted by Gasteiger charge is 2.28. The number of hydrogen-bond acceptors (Lipinski definition) is 5. The minimum Gasteiger partial charge on any atom is -0.328 e. The van der Waals surface area contributed by atoms with Gasteiger partial charge in [-0.25, -0.2) is 4.98 Å². The van der Waals surface area contributed by atoms with Gasteiger partial charge in [-0.2, -0.15) is 0 Å². The number of thiophene rings is 1. The summed E-state index contributed by atoms with van der Waals surface area (Å²) in [6.45, 7) is 2.08. The van der Waals surface area contributed by atoms with Crippen LogP contribution in [0.15, 0.2) is 17.5 Å². The zero-order valence-electron chi connectivity index (χ0n) is 11.7.